The average Bonchev–Trinajstić information content (AvgIpc) is 3.56. The first-order valence-corrected chi connectivity index (χ1v) is 10.9. The highest BCUT2D eigenvalue weighted by Gasteiger charge is 2.33. The summed E-state index contributed by atoms with van der Waals surface area (Å²) in [5.41, 5.74) is 3.25. The maximum Gasteiger partial charge on any atom is 0.353 e. The molecule has 0 unspecified atom stereocenters. The van der Waals surface area contributed by atoms with Crippen molar-refractivity contribution in [1.29, 1.82) is 0 Å². The molecule has 1 amide bonds. The molecule has 3 heterocycles. The molecule has 0 radical (unpaired) electrons. The third-order valence-corrected chi connectivity index (χ3v) is 6.07. The fourth-order valence-electron chi connectivity index (χ4n) is 4.44. The summed E-state index contributed by atoms with van der Waals surface area (Å²) in [5.74, 6) is -0.292. The van der Waals surface area contributed by atoms with E-state index >= 15 is 0 Å². The van der Waals surface area contributed by atoms with Gasteiger partial charge in [-0.25, -0.2) is 9.80 Å². The number of aromatic nitrogens is 5. The van der Waals surface area contributed by atoms with Crippen molar-refractivity contribution >= 4 is 28.2 Å². The Kier molecular flexibility index (Phi) is 4.72. The third-order valence-electron chi connectivity index (χ3n) is 6.07. The molecule has 0 fully saturated rings. The number of rotatable bonds is 4. The van der Waals surface area contributed by atoms with Crippen LogP contribution in [-0.4, -0.2) is 41.2 Å². The van der Waals surface area contributed by atoms with E-state index in [0.29, 0.717) is 23.0 Å². The summed E-state index contributed by atoms with van der Waals surface area (Å²) in [6.45, 7) is -0.190. The number of hydrogen-bond donors (Lipinski definition) is 0. The van der Waals surface area contributed by atoms with Crippen LogP contribution in [-0.2, 0) is 11.3 Å². The van der Waals surface area contributed by atoms with Gasteiger partial charge in [0.25, 0.3) is 5.91 Å². The number of nitrogens with zero attached hydrogens (tertiary/aromatic N) is 7. The lowest BCUT2D eigenvalue weighted by molar-refractivity contribution is -0.133. The van der Waals surface area contributed by atoms with Crippen LogP contribution < -0.4 is 5.69 Å². The van der Waals surface area contributed by atoms with E-state index in [2.05, 4.69) is 15.5 Å². The number of hydrazone groups is 1. The SMILES string of the molecule is O=C(Cn1c(=O)n2nnnc2c2ccccc21)N1N=C(c2ccccc2)C[C@@H]1c1ccccc1. The zero-order valence-electron chi connectivity index (χ0n) is 18.0. The highest BCUT2D eigenvalue weighted by molar-refractivity contribution is 6.03. The van der Waals surface area contributed by atoms with Crippen molar-refractivity contribution < 1.29 is 4.79 Å². The fourth-order valence-corrected chi connectivity index (χ4v) is 4.44. The van der Waals surface area contributed by atoms with Crippen molar-refractivity contribution in [2.45, 2.75) is 19.0 Å². The van der Waals surface area contributed by atoms with Crippen LogP contribution in [0.4, 0.5) is 0 Å². The van der Waals surface area contributed by atoms with Gasteiger partial charge in [-0.2, -0.15) is 5.10 Å². The lowest BCUT2D eigenvalue weighted by atomic mass is 9.98. The lowest BCUT2D eigenvalue weighted by Crippen LogP contribution is -2.36. The molecular formula is C25H19N7O2. The van der Waals surface area contributed by atoms with Crippen molar-refractivity contribution in [3.8, 4) is 0 Å². The zero-order chi connectivity index (χ0) is 23.1. The number of para-hydroxylation sites is 1. The lowest BCUT2D eigenvalue weighted by Gasteiger charge is -2.22. The molecule has 3 aromatic carbocycles. The van der Waals surface area contributed by atoms with Gasteiger partial charge in [0.1, 0.15) is 6.54 Å². The second kappa shape index (κ2) is 8.04. The Bertz CT molecular complexity index is 1610. The van der Waals surface area contributed by atoms with E-state index in [-0.39, 0.29) is 18.5 Å². The van der Waals surface area contributed by atoms with Crippen LogP contribution in [0.15, 0.2) is 94.8 Å². The van der Waals surface area contributed by atoms with Crippen LogP contribution in [0.2, 0.25) is 0 Å². The summed E-state index contributed by atoms with van der Waals surface area (Å²) in [6.07, 6.45) is 0.585. The van der Waals surface area contributed by atoms with E-state index in [1.807, 2.05) is 78.9 Å². The van der Waals surface area contributed by atoms with E-state index in [1.165, 1.54) is 9.58 Å². The number of carbonyl (C=O) groups is 1. The molecule has 9 heteroatoms. The molecule has 0 spiro atoms. The molecule has 0 aliphatic carbocycles. The molecule has 1 atom stereocenters. The Morgan fingerprint density at radius 1 is 0.912 bits per heavy atom. The van der Waals surface area contributed by atoms with Crippen LogP contribution in [0.25, 0.3) is 16.6 Å². The van der Waals surface area contributed by atoms with Gasteiger partial charge in [0, 0.05) is 11.8 Å². The molecule has 0 bridgehead atoms. The second-order valence-electron chi connectivity index (χ2n) is 8.08. The van der Waals surface area contributed by atoms with Crippen molar-refractivity contribution in [2.24, 2.45) is 5.10 Å². The standard InChI is InChI=1S/C25H19N7O2/c33-23(16-30-21-14-8-7-13-19(21)24-26-28-29-32(24)25(30)34)31-22(18-11-5-2-6-12-18)15-20(27-31)17-9-3-1-4-10-17/h1-14,22H,15-16H2/t22-/m1/s1. The average molecular weight is 449 g/mol. The van der Waals surface area contributed by atoms with Crippen LogP contribution in [0, 0.1) is 0 Å². The van der Waals surface area contributed by atoms with Crippen LogP contribution in [0.5, 0.6) is 0 Å². The van der Waals surface area contributed by atoms with Gasteiger partial charge < -0.3 is 0 Å². The van der Waals surface area contributed by atoms with Crippen molar-refractivity contribution in [3.05, 3.63) is 107 Å². The van der Waals surface area contributed by atoms with Crippen LogP contribution in [0.3, 0.4) is 0 Å². The summed E-state index contributed by atoms with van der Waals surface area (Å²) in [7, 11) is 0. The van der Waals surface area contributed by atoms with Crippen molar-refractivity contribution in [1.82, 2.24) is 29.6 Å². The molecule has 0 N–H and O–H groups in total. The minimum Gasteiger partial charge on any atom is -0.282 e. The van der Waals surface area contributed by atoms with E-state index < -0.39 is 5.69 Å². The summed E-state index contributed by atoms with van der Waals surface area (Å²) in [6, 6.07) is 26.6. The van der Waals surface area contributed by atoms with Crippen LogP contribution >= 0.6 is 0 Å². The highest BCUT2D eigenvalue weighted by atomic mass is 16.2. The maximum absolute atomic E-state index is 13.6. The third kappa shape index (κ3) is 3.25. The first-order valence-electron chi connectivity index (χ1n) is 10.9. The number of amides is 1. The number of hydrogen-bond acceptors (Lipinski definition) is 6. The molecule has 9 nitrogen and oxygen atoms in total. The fraction of sp³-hybridized carbons (Fsp3) is 0.120. The molecule has 1 aliphatic heterocycles. The number of carbonyl (C=O) groups excluding carboxylic acids is 1. The first-order chi connectivity index (χ1) is 16.7. The monoisotopic (exact) mass is 449 g/mol. The molecule has 166 valence electrons. The number of benzene rings is 3. The molecule has 0 saturated carbocycles. The Labute approximate surface area is 193 Å². The maximum atomic E-state index is 13.6. The van der Waals surface area contributed by atoms with Gasteiger partial charge in [-0.1, -0.05) is 72.8 Å². The number of tetrazole rings is 1. The van der Waals surface area contributed by atoms with Crippen LogP contribution in [0.1, 0.15) is 23.6 Å². The Morgan fingerprint density at radius 2 is 1.62 bits per heavy atom. The normalized spacial score (nSPS) is 15.7. The zero-order valence-corrected chi connectivity index (χ0v) is 18.0. The van der Waals surface area contributed by atoms with Gasteiger partial charge >= 0.3 is 5.69 Å². The summed E-state index contributed by atoms with van der Waals surface area (Å²) < 4.78 is 2.52. The summed E-state index contributed by atoms with van der Waals surface area (Å²) in [5, 5.41) is 18.3. The highest BCUT2D eigenvalue weighted by Crippen LogP contribution is 2.33. The molecule has 1 aliphatic rings. The van der Waals surface area contributed by atoms with Gasteiger partial charge in [0.05, 0.1) is 17.3 Å². The van der Waals surface area contributed by atoms with Gasteiger partial charge in [-0.05, 0) is 33.7 Å². The Morgan fingerprint density at radius 3 is 2.41 bits per heavy atom. The molecule has 0 saturated heterocycles. The molecule has 6 rings (SSSR count). The van der Waals surface area contributed by atoms with Gasteiger partial charge in [0.15, 0.2) is 5.65 Å². The number of fused-ring (bicyclic) bond motifs is 3. The van der Waals surface area contributed by atoms with Crippen molar-refractivity contribution in [2.75, 3.05) is 0 Å². The molecule has 2 aromatic heterocycles. The minimum atomic E-state index is -0.477. The quantitative estimate of drug-likeness (QED) is 0.420. The largest absolute Gasteiger partial charge is 0.353 e. The van der Waals surface area contributed by atoms with Crippen molar-refractivity contribution in [3.63, 3.8) is 0 Å². The topological polar surface area (TPSA) is 97.8 Å². The van der Waals surface area contributed by atoms with Gasteiger partial charge in [-0.3, -0.25) is 9.36 Å². The van der Waals surface area contributed by atoms with E-state index in [4.69, 9.17) is 5.10 Å². The molecule has 5 aromatic rings. The van der Waals surface area contributed by atoms with E-state index in [1.54, 1.807) is 6.07 Å². The van der Waals surface area contributed by atoms with E-state index in [0.717, 1.165) is 21.4 Å². The predicted molar refractivity (Wildman–Crippen MR) is 126 cm³/mol. The predicted octanol–water partition coefficient (Wildman–Crippen LogP) is 2.82. The first kappa shape index (κ1) is 20.0. The molecular weight excluding hydrogens is 430 g/mol. The summed E-state index contributed by atoms with van der Waals surface area (Å²) >= 11 is 0. The smallest absolute Gasteiger partial charge is 0.282 e. The Hall–Kier alpha value is -4.66. The van der Waals surface area contributed by atoms with Gasteiger partial charge in [0.2, 0.25) is 0 Å². The van der Waals surface area contributed by atoms with Gasteiger partial charge in [-0.15, -0.1) is 9.61 Å². The minimum absolute atomic E-state index is 0.190. The molecule has 34 heavy (non-hydrogen) atoms. The summed E-state index contributed by atoms with van der Waals surface area (Å²) in [4.78, 5) is 26.8. The van der Waals surface area contributed by atoms with E-state index in [9.17, 15) is 9.59 Å². The Balaban J connectivity index is 1.43. The second-order valence-corrected chi connectivity index (χ2v) is 8.08.